The second-order valence-electron chi connectivity index (χ2n) is 9.38. The van der Waals surface area contributed by atoms with E-state index in [0.717, 1.165) is 36.3 Å². The van der Waals surface area contributed by atoms with E-state index in [9.17, 15) is 13.8 Å². The van der Waals surface area contributed by atoms with Gasteiger partial charge in [0, 0.05) is 19.7 Å². The number of rotatable bonds is 8. The van der Waals surface area contributed by atoms with Gasteiger partial charge in [-0.25, -0.2) is 0 Å². The van der Waals surface area contributed by atoms with Crippen LogP contribution in [0.5, 0.6) is 0 Å². The van der Waals surface area contributed by atoms with Crippen LogP contribution < -0.4 is 10.6 Å². The van der Waals surface area contributed by atoms with Crippen LogP contribution in [-0.4, -0.2) is 51.1 Å². The van der Waals surface area contributed by atoms with Crippen LogP contribution in [0, 0.1) is 23.2 Å². The first kappa shape index (κ1) is 22.7. The molecule has 0 aromatic carbocycles. The minimum absolute atomic E-state index is 0.0195. The number of hydrogen-bond acceptors (Lipinski definition) is 5. The van der Waals surface area contributed by atoms with Gasteiger partial charge in [0.25, 0.3) is 0 Å². The first-order valence-corrected chi connectivity index (χ1v) is 12.1. The molecule has 8 heteroatoms. The third-order valence-corrected chi connectivity index (χ3v) is 7.95. The molecule has 3 N–H and O–H groups in total. The molecule has 2 fully saturated rings. The number of likely N-dealkylation sites (N-methyl/N-ethyl adjacent to an activating group) is 1. The van der Waals surface area contributed by atoms with Gasteiger partial charge in [-0.15, -0.1) is 0 Å². The summed E-state index contributed by atoms with van der Waals surface area (Å²) >= 11 is 0. The first-order valence-electron chi connectivity index (χ1n) is 10.8. The molecule has 3 atom stereocenters. The van der Waals surface area contributed by atoms with Gasteiger partial charge < -0.3 is 15.5 Å². The van der Waals surface area contributed by atoms with Crippen LogP contribution in [0.15, 0.2) is 22.8 Å². The Balaban J connectivity index is 1.81. The maximum Gasteiger partial charge on any atom is 0.247 e. The number of carbonyl (C=O) groups is 2. The molecule has 0 radical (unpaired) electrons. The topological polar surface area (TPSA) is 102 Å². The molecule has 3 aliphatic rings. The van der Waals surface area contributed by atoms with Crippen molar-refractivity contribution in [1.82, 2.24) is 15.5 Å². The third kappa shape index (κ3) is 4.85. The molecule has 0 saturated heterocycles. The SMILES string of the molecule is CC(=O)NC(=N)C(C)(NC(=O)C1C=CC(C2CC2)=C(S(=O)CC(C)C)N1C)C1CC1. The Hall–Kier alpha value is -1.96. The van der Waals surface area contributed by atoms with Crippen molar-refractivity contribution in [2.45, 2.75) is 65.0 Å². The third-order valence-electron chi connectivity index (χ3n) is 6.03. The van der Waals surface area contributed by atoms with Gasteiger partial charge in [0.1, 0.15) is 16.9 Å². The fourth-order valence-corrected chi connectivity index (χ4v) is 5.73. The summed E-state index contributed by atoms with van der Waals surface area (Å²) in [5.41, 5.74) is 0.172. The Morgan fingerprint density at radius 2 is 1.93 bits per heavy atom. The van der Waals surface area contributed by atoms with E-state index in [1.807, 2.05) is 37.9 Å². The van der Waals surface area contributed by atoms with Crippen LogP contribution in [0.2, 0.25) is 0 Å². The zero-order valence-electron chi connectivity index (χ0n) is 18.6. The lowest BCUT2D eigenvalue weighted by molar-refractivity contribution is -0.125. The van der Waals surface area contributed by atoms with Crippen molar-refractivity contribution in [3.05, 3.63) is 22.8 Å². The largest absolute Gasteiger partial charge is 0.352 e. The van der Waals surface area contributed by atoms with Gasteiger partial charge in [-0.1, -0.05) is 26.0 Å². The molecule has 0 aromatic heterocycles. The van der Waals surface area contributed by atoms with E-state index < -0.39 is 22.4 Å². The Bertz CT molecular complexity index is 826. The van der Waals surface area contributed by atoms with Gasteiger partial charge in [-0.05, 0) is 55.9 Å². The summed E-state index contributed by atoms with van der Waals surface area (Å²) in [6.07, 6.45) is 7.85. The molecule has 3 unspecified atom stereocenters. The maximum atomic E-state index is 13.3. The number of hydrogen-bond donors (Lipinski definition) is 3. The summed E-state index contributed by atoms with van der Waals surface area (Å²) in [5, 5.41) is 14.7. The fourth-order valence-electron chi connectivity index (χ4n) is 4.03. The van der Waals surface area contributed by atoms with Crippen LogP contribution >= 0.6 is 0 Å². The summed E-state index contributed by atoms with van der Waals surface area (Å²) in [5.74, 6) is 0.874. The number of nitrogens with one attached hydrogen (secondary N) is 3. The van der Waals surface area contributed by atoms with E-state index in [1.54, 1.807) is 6.92 Å². The summed E-state index contributed by atoms with van der Waals surface area (Å²) in [4.78, 5) is 26.6. The first-order chi connectivity index (χ1) is 14.0. The highest BCUT2D eigenvalue weighted by atomic mass is 32.2. The molecular weight excluding hydrogens is 400 g/mol. The molecule has 30 heavy (non-hydrogen) atoms. The highest BCUT2D eigenvalue weighted by Gasteiger charge is 2.48. The molecule has 7 nitrogen and oxygen atoms in total. The summed E-state index contributed by atoms with van der Waals surface area (Å²) in [7, 11) is 0.655. The monoisotopic (exact) mass is 434 g/mol. The van der Waals surface area contributed by atoms with E-state index in [1.165, 1.54) is 6.92 Å². The van der Waals surface area contributed by atoms with E-state index >= 15 is 0 Å². The van der Waals surface area contributed by atoms with E-state index in [2.05, 4.69) is 10.6 Å². The van der Waals surface area contributed by atoms with Gasteiger partial charge in [-0.2, -0.15) is 0 Å². The zero-order chi connectivity index (χ0) is 22.2. The second-order valence-corrected chi connectivity index (χ2v) is 10.8. The Labute approximate surface area is 181 Å². The van der Waals surface area contributed by atoms with Crippen LogP contribution in [0.1, 0.15) is 53.4 Å². The van der Waals surface area contributed by atoms with E-state index in [4.69, 9.17) is 5.41 Å². The number of nitrogens with zero attached hydrogens (tertiary/aromatic N) is 1. The molecule has 2 saturated carbocycles. The normalized spacial score (nSPS) is 24.5. The minimum atomic E-state index is -1.18. The van der Waals surface area contributed by atoms with Crippen LogP contribution in [0.4, 0.5) is 0 Å². The lowest BCUT2D eigenvalue weighted by Crippen LogP contribution is -2.62. The van der Waals surface area contributed by atoms with Crippen molar-refractivity contribution in [2.24, 2.45) is 17.8 Å². The number of amidine groups is 1. The molecule has 0 aromatic rings. The molecule has 0 bridgehead atoms. The standard InChI is InChI=1S/C22H34N4O3S/c1-13(2)12-30(29)20-17(15-6-7-15)10-11-18(26(20)5)19(28)25-22(4,16-8-9-16)21(23)24-14(3)27/h10-11,13,15-16,18H,6-9,12H2,1-5H3,(H,25,28)(H2,23,24,27). The summed E-state index contributed by atoms with van der Waals surface area (Å²) in [6.45, 7) is 7.26. The van der Waals surface area contributed by atoms with E-state index in [0.29, 0.717) is 17.6 Å². The maximum absolute atomic E-state index is 13.3. The molecule has 1 heterocycles. The van der Waals surface area contributed by atoms with Gasteiger partial charge in [0.05, 0.1) is 16.3 Å². The summed E-state index contributed by atoms with van der Waals surface area (Å²) < 4.78 is 13.1. The van der Waals surface area contributed by atoms with Crippen molar-refractivity contribution in [3.8, 4) is 0 Å². The number of amides is 2. The molecule has 3 rings (SSSR count). The van der Waals surface area contributed by atoms with Crippen molar-refractivity contribution in [3.63, 3.8) is 0 Å². The van der Waals surface area contributed by atoms with Crippen molar-refractivity contribution < 1.29 is 13.8 Å². The molecule has 1 aliphatic heterocycles. The van der Waals surface area contributed by atoms with Crippen LogP contribution in [0.25, 0.3) is 0 Å². The van der Waals surface area contributed by atoms with Gasteiger partial charge in [0.15, 0.2) is 0 Å². The van der Waals surface area contributed by atoms with Crippen molar-refractivity contribution >= 4 is 28.4 Å². The average Bonchev–Trinajstić information content (AvgIpc) is 3.53. The quantitative estimate of drug-likeness (QED) is 0.403. The Kier molecular flexibility index (Phi) is 6.55. The Morgan fingerprint density at radius 3 is 2.43 bits per heavy atom. The molecule has 2 amide bonds. The smallest absolute Gasteiger partial charge is 0.247 e. The highest BCUT2D eigenvalue weighted by Crippen LogP contribution is 2.43. The lowest BCUT2D eigenvalue weighted by atomic mass is 9.92. The fraction of sp³-hybridized carbons (Fsp3) is 0.682. The number of carbonyl (C=O) groups excluding carboxylic acids is 2. The molecule has 2 aliphatic carbocycles. The lowest BCUT2D eigenvalue weighted by Gasteiger charge is -2.37. The molecular formula is C22H34N4O3S. The van der Waals surface area contributed by atoms with Crippen molar-refractivity contribution in [1.29, 1.82) is 5.41 Å². The van der Waals surface area contributed by atoms with Gasteiger partial charge in [-0.3, -0.25) is 19.2 Å². The van der Waals surface area contributed by atoms with E-state index in [-0.39, 0.29) is 23.6 Å². The average molecular weight is 435 g/mol. The van der Waals surface area contributed by atoms with Gasteiger partial charge in [0.2, 0.25) is 11.8 Å². The number of allylic oxidation sites excluding steroid dienone is 2. The van der Waals surface area contributed by atoms with Crippen LogP contribution in [-0.2, 0) is 20.4 Å². The Morgan fingerprint density at radius 1 is 1.30 bits per heavy atom. The van der Waals surface area contributed by atoms with Crippen LogP contribution in [0.3, 0.4) is 0 Å². The molecule has 0 spiro atoms. The van der Waals surface area contributed by atoms with Gasteiger partial charge >= 0.3 is 0 Å². The summed E-state index contributed by atoms with van der Waals surface area (Å²) in [6, 6.07) is -0.596. The second kappa shape index (κ2) is 8.65. The minimum Gasteiger partial charge on any atom is -0.352 e. The predicted molar refractivity (Wildman–Crippen MR) is 119 cm³/mol. The predicted octanol–water partition coefficient (Wildman–Crippen LogP) is 2.28. The molecule has 166 valence electrons. The zero-order valence-corrected chi connectivity index (χ0v) is 19.4. The highest BCUT2D eigenvalue weighted by molar-refractivity contribution is 7.88. The van der Waals surface area contributed by atoms with Crippen molar-refractivity contribution in [2.75, 3.05) is 12.8 Å².